The van der Waals surface area contributed by atoms with Gasteiger partial charge in [-0.15, -0.1) is 6.54 Å². The van der Waals surface area contributed by atoms with E-state index >= 15 is 0 Å². The average molecular weight is 312 g/mol. The summed E-state index contributed by atoms with van der Waals surface area (Å²) in [4.78, 5) is 2.55. The third-order valence-corrected chi connectivity index (χ3v) is 4.08. The molecule has 1 atom stereocenters. The number of methoxy groups -OCH3 is 1. The van der Waals surface area contributed by atoms with Crippen LogP contribution in [-0.2, 0) is 9.47 Å². The van der Waals surface area contributed by atoms with Crippen LogP contribution in [0.1, 0.15) is 30.9 Å². The summed E-state index contributed by atoms with van der Waals surface area (Å²) < 4.78 is 10.5. The molecule has 23 heavy (non-hydrogen) atoms. The Balaban J connectivity index is 0.00000264. The second-order valence-corrected chi connectivity index (χ2v) is 5.80. The first-order valence-electron chi connectivity index (χ1n) is 8.40. The van der Waals surface area contributed by atoms with E-state index in [1.54, 1.807) is 7.11 Å². The predicted octanol–water partition coefficient (Wildman–Crippen LogP) is 0.254. The Labute approximate surface area is 153 Å². The van der Waals surface area contributed by atoms with E-state index in [-0.39, 0.29) is 24.9 Å². The van der Waals surface area contributed by atoms with E-state index in [2.05, 4.69) is 35.2 Å². The maximum Gasteiger partial charge on any atom is 1.00 e. The third kappa shape index (κ3) is 8.35. The van der Waals surface area contributed by atoms with E-state index in [0.717, 1.165) is 13.1 Å². The summed E-state index contributed by atoms with van der Waals surface area (Å²) in [6.45, 7) is 6.17. The molecule has 1 aromatic carbocycles. The first kappa shape index (κ1) is 20.7. The van der Waals surface area contributed by atoms with Crippen LogP contribution < -0.4 is 18.9 Å². The van der Waals surface area contributed by atoms with Gasteiger partial charge < -0.3 is 19.7 Å². The van der Waals surface area contributed by atoms with Crippen molar-refractivity contribution in [2.45, 2.75) is 25.3 Å². The van der Waals surface area contributed by atoms with E-state index in [4.69, 9.17) is 14.8 Å². The van der Waals surface area contributed by atoms with Gasteiger partial charge in [-0.3, -0.25) is 0 Å². The van der Waals surface area contributed by atoms with Crippen molar-refractivity contribution in [2.75, 3.05) is 53.1 Å². The van der Waals surface area contributed by atoms with Gasteiger partial charge in [-0.25, -0.2) is 0 Å². The molecule has 0 aliphatic carbocycles. The third-order valence-electron chi connectivity index (χ3n) is 4.08. The van der Waals surface area contributed by atoms with Crippen molar-refractivity contribution in [3.05, 3.63) is 41.2 Å². The topological polar surface area (TPSA) is 35.8 Å². The summed E-state index contributed by atoms with van der Waals surface area (Å²) in [5.41, 5.74) is 1.31. The first-order chi connectivity index (χ1) is 10.9. The van der Waals surface area contributed by atoms with Crippen LogP contribution in [0.25, 0.3) is 5.32 Å². The summed E-state index contributed by atoms with van der Waals surface area (Å²) in [6, 6.07) is 10.9. The zero-order chi connectivity index (χ0) is 15.5. The van der Waals surface area contributed by atoms with Gasteiger partial charge >= 0.3 is 18.9 Å². The van der Waals surface area contributed by atoms with Crippen molar-refractivity contribution in [1.29, 1.82) is 0 Å². The zero-order valence-electron chi connectivity index (χ0n) is 14.7. The number of hydrogen-bond donors (Lipinski definition) is 0. The van der Waals surface area contributed by atoms with Crippen LogP contribution >= 0.6 is 0 Å². The molecule has 1 aromatic rings. The second-order valence-electron chi connectivity index (χ2n) is 5.80. The molecule has 0 amide bonds. The summed E-state index contributed by atoms with van der Waals surface area (Å²) >= 11 is 0. The van der Waals surface area contributed by atoms with Gasteiger partial charge in [-0.2, -0.15) is 0 Å². The minimum atomic E-state index is 0. The molecule has 1 aliphatic heterocycles. The molecule has 1 aliphatic rings. The Morgan fingerprint density at radius 2 is 1.78 bits per heavy atom. The molecule has 0 radical (unpaired) electrons. The fraction of sp³-hybridized carbons (Fsp3) is 0.667. The van der Waals surface area contributed by atoms with E-state index in [0.29, 0.717) is 19.8 Å². The average Bonchev–Trinajstić information content (AvgIpc) is 2.58. The van der Waals surface area contributed by atoms with Crippen molar-refractivity contribution < 1.29 is 28.3 Å². The largest absolute Gasteiger partial charge is 1.00 e. The second kappa shape index (κ2) is 13.0. The maximum atomic E-state index is 5.52. The molecular formula is C18H29LiN2O2. The van der Waals surface area contributed by atoms with Crippen LogP contribution in [0.3, 0.4) is 0 Å². The van der Waals surface area contributed by atoms with Gasteiger partial charge in [0, 0.05) is 13.7 Å². The zero-order valence-corrected chi connectivity index (χ0v) is 14.7. The van der Waals surface area contributed by atoms with Crippen LogP contribution in [0.2, 0.25) is 0 Å². The molecule has 2 rings (SSSR count). The van der Waals surface area contributed by atoms with Crippen molar-refractivity contribution >= 4 is 0 Å². The predicted molar refractivity (Wildman–Crippen MR) is 90.4 cm³/mol. The van der Waals surface area contributed by atoms with Gasteiger partial charge in [0.25, 0.3) is 0 Å². The number of hydrogen-bond acceptors (Lipinski definition) is 3. The molecule has 5 heteroatoms. The molecule has 0 spiro atoms. The monoisotopic (exact) mass is 312 g/mol. The number of rotatable bonds is 10. The Hall–Kier alpha value is -0.343. The number of nitrogens with zero attached hydrogens (tertiary/aromatic N) is 2. The SMILES string of the molecule is COCCOCC[N-][C@@H](CN1CCCCC1)c1ccccc1.[Li+]. The molecule has 0 bridgehead atoms. The summed E-state index contributed by atoms with van der Waals surface area (Å²) in [7, 11) is 1.69. The van der Waals surface area contributed by atoms with E-state index in [1.807, 2.05) is 0 Å². The fourth-order valence-corrected chi connectivity index (χ4v) is 2.85. The molecule has 124 valence electrons. The Bertz CT molecular complexity index is 386. The van der Waals surface area contributed by atoms with Crippen LogP contribution in [-0.4, -0.2) is 58.0 Å². The Kier molecular flexibility index (Phi) is 11.7. The van der Waals surface area contributed by atoms with Crippen molar-refractivity contribution in [3.8, 4) is 0 Å². The van der Waals surface area contributed by atoms with Crippen molar-refractivity contribution in [1.82, 2.24) is 4.90 Å². The number of ether oxygens (including phenoxy) is 2. The minimum absolute atomic E-state index is 0. The van der Waals surface area contributed by atoms with Crippen LogP contribution in [0, 0.1) is 0 Å². The molecule has 4 nitrogen and oxygen atoms in total. The number of likely N-dealkylation sites (tertiary alicyclic amines) is 1. The van der Waals surface area contributed by atoms with Gasteiger partial charge in [-0.1, -0.05) is 48.4 Å². The molecule has 0 aromatic heterocycles. The molecule has 1 fully saturated rings. The van der Waals surface area contributed by atoms with Crippen LogP contribution in [0.5, 0.6) is 0 Å². The normalized spacial score (nSPS) is 16.7. The van der Waals surface area contributed by atoms with Crippen molar-refractivity contribution in [2.24, 2.45) is 0 Å². The minimum Gasteiger partial charge on any atom is -0.653 e. The molecule has 0 N–H and O–H groups in total. The van der Waals surface area contributed by atoms with Gasteiger partial charge in [0.1, 0.15) is 0 Å². The summed E-state index contributed by atoms with van der Waals surface area (Å²) in [6.07, 6.45) is 4.01. The number of piperidine rings is 1. The van der Waals surface area contributed by atoms with Gasteiger partial charge in [0.15, 0.2) is 0 Å². The summed E-state index contributed by atoms with van der Waals surface area (Å²) in [5, 5.41) is 4.88. The van der Waals surface area contributed by atoms with E-state index < -0.39 is 0 Å². The van der Waals surface area contributed by atoms with Crippen LogP contribution in [0.15, 0.2) is 30.3 Å². The Morgan fingerprint density at radius 1 is 1.04 bits per heavy atom. The first-order valence-corrected chi connectivity index (χ1v) is 8.40. The van der Waals surface area contributed by atoms with Crippen molar-refractivity contribution in [3.63, 3.8) is 0 Å². The van der Waals surface area contributed by atoms with E-state index in [9.17, 15) is 0 Å². The molecule has 0 unspecified atom stereocenters. The fourth-order valence-electron chi connectivity index (χ4n) is 2.85. The van der Waals surface area contributed by atoms with Gasteiger partial charge in [-0.05, 0) is 32.5 Å². The molecule has 0 saturated carbocycles. The maximum absolute atomic E-state index is 5.52. The molecular weight excluding hydrogens is 283 g/mol. The van der Waals surface area contributed by atoms with E-state index in [1.165, 1.54) is 37.9 Å². The van der Waals surface area contributed by atoms with Crippen LogP contribution in [0.4, 0.5) is 0 Å². The molecule has 1 heterocycles. The standard InChI is InChI=1S/C18H29N2O2.Li/c1-21-14-15-22-13-10-19-18(17-8-4-2-5-9-17)16-20-11-6-3-7-12-20;/h2,4-5,8-9,18H,3,6-7,10-16H2,1H3;/q-1;+1/t18-;/m0./s1. The summed E-state index contributed by atoms with van der Waals surface area (Å²) in [5.74, 6) is 0. The smallest absolute Gasteiger partial charge is 0.653 e. The Morgan fingerprint density at radius 3 is 2.48 bits per heavy atom. The molecule has 1 saturated heterocycles. The quantitative estimate of drug-likeness (QED) is 0.459. The van der Waals surface area contributed by atoms with Gasteiger partial charge in [0.2, 0.25) is 0 Å². The number of benzene rings is 1. The van der Waals surface area contributed by atoms with Gasteiger partial charge in [0.05, 0.1) is 13.2 Å².